The minimum absolute atomic E-state index is 0.000545. The van der Waals surface area contributed by atoms with Crippen LogP contribution in [-0.4, -0.2) is 21.0 Å². The van der Waals surface area contributed by atoms with Crippen molar-refractivity contribution in [3.63, 3.8) is 0 Å². The zero-order valence-electron chi connectivity index (χ0n) is 9.52. The van der Waals surface area contributed by atoms with E-state index in [9.17, 15) is 14.9 Å². The molecule has 2 aromatic rings. The summed E-state index contributed by atoms with van der Waals surface area (Å²) >= 11 is 0. The topological polar surface area (TPSA) is 103 Å². The fourth-order valence-electron chi connectivity index (χ4n) is 1.36. The zero-order chi connectivity index (χ0) is 13.8. The predicted octanol–water partition coefficient (Wildman–Crippen LogP) is 2.48. The van der Waals surface area contributed by atoms with E-state index < -0.39 is 10.9 Å². The van der Waals surface area contributed by atoms with Crippen molar-refractivity contribution in [1.82, 2.24) is 4.98 Å². The van der Waals surface area contributed by atoms with Gasteiger partial charge in [0.05, 0.1) is 16.7 Å². The second kappa shape index (κ2) is 5.13. The maximum Gasteiger partial charge on any atom is 0.337 e. The van der Waals surface area contributed by atoms with Crippen molar-refractivity contribution < 1.29 is 19.6 Å². The molecule has 7 nitrogen and oxygen atoms in total. The van der Waals surface area contributed by atoms with Gasteiger partial charge in [-0.1, -0.05) is 0 Å². The summed E-state index contributed by atoms with van der Waals surface area (Å²) in [6, 6.07) is 6.75. The van der Waals surface area contributed by atoms with Gasteiger partial charge < -0.3 is 9.84 Å². The summed E-state index contributed by atoms with van der Waals surface area (Å²) in [5, 5.41) is 19.3. The summed E-state index contributed by atoms with van der Waals surface area (Å²) in [7, 11) is 0. The van der Waals surface area contributed by atoms with E-state index >= 15 is 0 Å². The molecule has 0 aliphatic rings. The normalized spacial score (nSPS) is 9.89. The van der Waals surface area contributed by atoms with Gasteiger partial charge in [0.15, 0.2) is 0 Å². The first-order valence-electron chi connectivity index (χ1n) is 5.17. The second-order valence-corrected chi connectivity index (χ2v) is 3.57. The molecular formula is C12H8N2O5. The van der Waals surface area contributed by atoms with Crippen molar-refractivity contribution >= 4 is 11.7 Å². The van der Waals surface area contributed by atoms with Crippen LogP contribution >= 0.6 is 0 Å². The Morgan fingerprint density at radius 1 is 1.21 bits per heavy atom. The molecular weight excluding hydrogens is 252 g/mol. The van der Waals surface area contributed by atoms with Crippen molar-refractivity contribution in [2.75, 3.05) is 0 Å². The number of aromatic nitrogens is 1. The second-order valence-electron chi connectivity index (χ2n) is 3.57. The van der Waals surface area contributed by atoms with Crippen LogP contribution in [0.25, 0.3) is 0 Å². The van der Waals surface area contributed by atoms with Gasteiger partial charge in [0.25, 0.3) is 5.69 Å². The van der Waals surface area contributed by atoms with Gasteiger partial charge >= 0.3 is 5.97 Å². The third kappa shape index (κ3) is 3.03. The Balaban J connectivity index is 2.19. The van der Waals surface area contributed by atoms with Crippen molar-refractivity contribution in [2.24, 2.45) is 0 Å². The van der Waals surface area contributed by atoms with Gasteiger partial charge in [-0.2, -0.15) is 0 Å². The number of pyridine rings is 1. The number of ether oxygens (including phenoxy) is 1. The van der Waals surface area contributed by atoms with Crippen molar-refractivity contribution in [1.29, 1.82) is 0 Å². The molecule has 0 aliphatic carbocycles. The van der Waals surface area contributed by atoms with Crippen LogP contribution in [0.15, 0.2) is 42.7 Å². The highest BCUT2D eigenvalue weighted by Crippen LogP contribution is 2.23. The zero-order valence-corrected chi connectivity index (χ0v) is 9.52. The lowest BCUT2D eigenvalue weighted by atomic mass is 10.3. The van der Waals surface area contributed by atoms with Gasteiger partial charge in [0, 0.05) is 18.3 Å². The fourth-order valence-corrected chi connectivity index (χ4v) is 1.36. The number of hydrogen-bond acceptors (Lipinski definition) is 5. The molecule has 0 radical (unpaired) electrons. The summed E-state index contributed by atoms with van der Waals surface area (Å²) in [6.07, 6.45) is 2.55. The van der Waals surface area contributed by atoms with Gasteiger partial charge in [-0.05, 0) is 18.2 Å². The molecule has 0 atom stereocenters. The first-order valence-corrected chi connectivity index (χ1v) is 5.17. The number of rotatable bonds is 4. The molecule has 1 aromatic carbocycles. The summed E-state index contributed by atoms with van der Waals surface area (Å²) in [4.78, 5) is 24.5. The van der Waals surface area contributed by atoms with Gasteiger partial charge in [-0.3, -0.25) is 15.1 Å². The summed E-state index contributed by atoms with van der Waals surface area (Å²) in [5.74, 6) is -0.509. The van der Waals surface area contributed by atoms with Crippen molar-refractivity contribution in [2.45, 2.75) is 0 Å². The maximum atomic E-state index is 10.8. The van der Waals surface area contributed by atoms with Crippen molar-refractivity contribution in [3.05, 3.63) is 58.4 Å². The molecule has 0 saturated carbocycles. The van der Waals surface area contributed by atoms with Crippen LogP contribution in [0.1, 0.15) is 10.4 Å². The summed E-state index contributed by atoms with van der Waals surface area (Å²) in [5.41, 5.74) is -0.0517. The molecule has 1 N–H and O–H groups in total. The summed E-state index contributed by atoms with van der Waals surface area (Å²) in [6.45, 7) is 0. The van der Waals surface area contributed by atoms with Gasteiger partial charge in [0.1, 0.15) is 11.5 Å². The van der Waals surface area contributed by atoms with Crippen LogP contribution < -0.4 is 4.74 Å². The van der Waals surface area contributed by atoms with E-state index in [2.05, 4.69) is 4.98 Å². The first kappa shape index (κ1) is 12.5. The van der Waals surface area contributed by atoms with Crippen LogP contribution in [0.4, 0.5) is 5.69 Å². The molecule has 2 rings (SSSR count). The average Bonchev–Trinajstić information content (AvgIpc) is 2.39. The number of aromatic carboxylic acids is 1. The molecule has 19 heavy (non-hydrogen) atoms. The van der Waals surface area contributed by atoms with E-state index in [4.69, 9.17) is 9.84 Å². The standard InChI is InChI=1S/C12H8N2O5/c15-12(16)8-5-11(7-13-6-8)19-10-3-1-9(2-4-10)14(17)18/h1-7H,(H,15,16). The minimum atomic E-state index is -1.11. The van der Waals surface area contributed by atoms with Gasteiger partial charge in [0.2, 0.25) is 0 Å². The van der Waals surface area contributed by atoms with Gasteiger partial charge in [-0.25, -0.2) is 4.79 Å². The molecule has 0 unspecified atom stereocenters. The first-order chi connectivity index (χ1) is 9.06. The van der Waals surface area contributed by atoms with E-state index in [0.717, 1.165) is 0 Å². The lowest BCUT2D eigenvalue weighted by Crippen LogP contribution is -1.97. The Bertz CT molecular complexity index is 624. The van der Waals surface area contributed by atoms with Crippen LogP contribution in [-0.2, 0) is 0 Å². The minimum Gasteiger partial charge on any atom is -0.478 e. The lowest BCUT2D eigenvalue weighted by Gasteiger charge is -2.05. The van der Waals surface area contributed by atoms with Gasteiger partial charge in [-0.15, -0.1) is 0 Å². The molecule has 0 spiro atoms. The molecule has 1 heterocycles. The Labute approximate surface area is 107 Å². The molecule has 0 amide bonds. The number of nitro groups is 1. The highest BCUT2D eigenvalue weighted by atomic mass is 16.6. The number of carbonyl (C=O) groups is 1. The Morgan fingerprint density at radius 3 is 2.47 bits per heavy atom. The molecule has 0 aliphatic heterocycles. The Hall–Kier alpha value is -2.96. The van der Waals surface area contributed by atoms with E-state index in [0.29, 0.717) is 5.75 Å². The maximum absolute atomic E-state index is 10.8. The SMILES string of the molecule is O=C(O)c1cncc(Oc2ccc([N+](=O)[O-])cc2)c1. The Kier molecular flexibility index (Phi) is 3.37. The predicted molar refractivity (Wildman–Crippen MR) is 64.4 cm³/mol. The quantitative estimate of drug-likeness (QED) is 0.669. The highest BCUT2D eigenvalue weighted by Gasteiger charge is 2.07. The number of benzene rings is 1. The number of non-ortho nitro benzene ring substituents is 1. The average molecular weight is 260 g/mol. The molecule has 0 saturated heterocycles. The van der Waals surface area contributed by atoms with Crippen LogP contribution in [0.5, 0.6) is 11.5 Å². The van der Waals surface area contributed by atoms with Crippen molar-refractivity contribution in [3.8, 4) is 11.5 Å². The molecule has 0 bridgehead atoms. The number of nitro benzene ring substituents is 1. The Morgan fingerprint density at radius 2 is 1.89 bits per heavy atom. The van der Waals surface area contributed by atoms with E-state index in [1.807, 2.05) is 0 Å². The fraction of sp³-hybridized carbons (Fsp3) is 0. The molecule has 0 fully saturated rings. The monoisotopic (exact) mass is 260 g/mol. The molecule has 1 aromatic heterocycles. The number of nitrogens with zero attached hydrogens (tertiary/aromatic N) is 2. The largest absolute Gasteiger partial charge is 0.478 e. The third-order valence-corrected chi connectivity index (χ3v) is 2.24. The number of carboxylic acid groups (broad SMARTS) is 1. The van der Waals surface area contributed by atoms with E-state index in [-0.39, 0.29) is 17.0 Å². The number of hydrogen-bond donors (Lipinski definition) is 1. The third-order valence-electron chi connectivity index (χ3n) is 2.24. The molecule has 96 valence electrons. The van der Waals surface area contributed by atoms with E-state index in [1.165, 1.54) is 42.7 Å². The lowest BCUT2D eigenvalue weighted by molar-refractivity contribution is -0.384. The van der Waals surface area contributed by atoms with Crippen LogP contribution in [0.3, 0.4) is 0 Å². The van der Waals surface area contributed by atoms with Crippen LogP contribution in [0.2, 0.25) is 0 Å². The number of carboxylic acids is 1. The van der Waals surface area contributed by atoms with Crippen LogP contribution in [0, 0.1) is 10.1 Å². The molecule has 7 heteroatoms. The summed E-state index contributed by atoms with van der Waals surface area (Å²) < 4.78 is 5.36. The van der Waals surface area contributed by atoms with E-state index in [1.54, 1.807) is 0 Å². The highest BCUT2D eigenvalue weighted by molar-refractivity contribution is 5.87. The smallest absolute Gasteiger partial charge is 0.337 e.